The van der Waals surface area contributed by atoms with Gasteiger partial charge in [0.15, 0.2) is 5.78 Å². The average Bonchev–Trinajstić information content (AvgIpc) is 2.55. The molecule has 1 nitrogen and oxygen atoms in total. The number of carbonyl (C=O) groups is 1. The molecule has 2 aromatic rings. The molecule has 1 aliphatic heterocycles. The third kappa shape index (κ3) is 3.47. The van der Waals surface area contributed by atoms with Crippen LogP contribution in [0.1, 0.15) is 11.1 Å². The number of Topliss-reactive ketones (excluding diaryl/α,β-unsaturated/α-hetero) is 1. The molecular formula is C19H15BF2O. The van der Waals surface area contributed by atoms with Gasteiger partial charge in [0, 0.05) is 11.1 Å². The van der Waals surface area contributed by atoms with E-state index in [1.807, 2.05) is 0 Å². The van der Waals surface area contributed by atoms with Crippen LogP contribution >= 0.6 is 0 Å². The lowest BCUT2D eigenvalue weighted by Gasteiger charge is -2.16. The van der Waals surface area contributed by atoms with Gasteiger partial charge in [-0.15, -0.1) is 0 Å². The van der Waals surface area contributed by atoms with Crippen LogP contribution in [0.15, 0.2) is 59.7 Å². The van der Waals surface area contributed by atoms with Crippen molar-refractivity contribution in [2.45, 2.75) is 12.6 Å². The van der Waals surface area contributed by atoms with Gasteiger partial charge in [-0.3, -0.25) is 4.79 Å². The van der Waals surface area contributed by atoms with Crippen LogP contribution in [0.3, 0.4) is 0 Å². The standard InChI is InChI=1S/C19H15BF2O/c21-17-7-3-1-5-13(17)9-15-11-20-12-16(19(15)23)10-14-6-2-4-8-18(14)22/h1-10,20H,11-12H2/b15-9+,16-10+. The lowest BCUT2D eigenvalue weighted by atomic mass is 9.60. The van der Waals surface area contributed by atoms with E-state index in [0.29, 0.717) is 34.9 Å². The fourth-order valence-electron chi connectivity index (χ4n) is 2.74. The molecule has 0 radical (unpaired) electrons. The van der Waals surface area contributed by atoms with Gasteiger partial charge in [0.1, 0.15) is 18.9 Å². The van der Waals surface area contributed by atoms with Gasteiger partial charge < -0.3 is 0 Å². The second kappa shape index (κ2) is 6.74. The number of carbonyl (C=O) groups excluding carboxylic acids is 1. The van der Waals surface area contributed by atoms with Crippen molar-refractivity contribution in [3.8, 4) is 0 Å². The van der Waals surface area contributed by atoms with Crippen molar-refractivity contribution in [1.29, 1.82) is 0 Å². The Morgan fingerprint density at radius 3 is 1.65 bits per heavy atom. The zero-order valence-electron chi connectivity index (χ0n) is 12.6. The molecule has 2 aromatic carbocycles. The molecule has 0 amide bonds. The first kappa shape index (κ1) is 15.4. The number of rotatable bonds is 2. The topological polar surface area (TPSA) is 17.1 Å². The second-order valence-electron chi connectivity index (χ2n) is 5.56. The smallest absolute Gasteiger partial charge is 0.183 e. The summed E-state index contributed by atoms with van der Waals surface area (Å²) in [5.74, 6) is -0.821. The summed E-state index contributed by atoms with van der Waals surface area (Å²) in [6.07, 6.45) is 4.43. The largest absolute Gasteiger partial charge is 0.289 e. The van der Waals surface area contributed by atoms with Gasteiger partial charge in [-0.25, -0.2) is 8.78 Å². The first-order valence-corrected chi connectivity index (χ1v) is 7.60. The van der Waals surface area contributed by atoms with Crippen LogP contribution in [-0.4, -0.2) is 13.1 Å². The van der Waals surface area contributed by atoms with E-state index in [0.717, 1.165) is 7.28 Å². The monoisotopic (exact) mass is 308 g/mol. The predicted octanol–water partition coefficient (Wildman–Crippen LogP) is 4.29. The van der Waals surface area contributed by atoms with Crippen LogP contribution in [0.4, 0.5) is 8.78 Å². The quantitative estimate of drug-likeness (QED) is 0.597. The molecule has 0 aromatic heterocycles. The summed E-state index contributed by atoms with van der Waals surface area (Å²) >= 11 is 0. The number of hydrogen-bond donors (Lipinski definition) is 0. The van der Waals surface area contributed by atoms with Crippen LogP contribution in [0.25, 0.3) is 12.2 Å². The fourth-order valence-corrected chi connectivity index (χ4v) is 2.74. The van der Waals surface area contributed by atoms with Gasteiger partial charge in [-0.05, 0) is 48.1 Å². The third-order valence-corrected chi connectivity index (χ3v) is 3.95. The normalized spacial score (nSPS) is 18.3. The number of halogens is 2. The Balaban J connectivity index is 1.93. The van der Waals surface area contributed by atoms with Crippen molar-refractivity contribution in [2.24, 2.45) is 0 Å². The Kier molecular flexibility index (Phi) is 4.51. The summed E-state index contributed by atoms with van der Waals surface area (Å²) in [7, 11) is 0.798. The molecule has 0 unspecified atom stereocenters. The van der Waals surface area contributed by atoms with E-state index in [4.69, 9.17) is 0 Å². The minimum atomic E-state index is -0.349. The van der Waals surface area contributed by atoms with Crippen LogP contribution < -0.4 is 0 Å². The molecule has 0 spiro atoms. The van der Waals surface area contributed by atoms with Gasteiger partial charge in [0.25, 0.3) is 0 Å². The van der Waals surface area contributed by atoms with Crippen molar-refractivity contribution in [1.82, 2.24) is 0 Å². The zero-order valence-corrected chi connectivity index (χ0v) is 12.6. The summed E-state index contributed by atoms with van der Waals surface area (Å²) in [5.41, 5.74) is 1.96. The van der Waals surface area contributed by atoms with Crippen molar-refractivity contribution in [2.75, 3.05) is 0 Å². The summed E-state index contributed by atoms with van der Waals surface area (Å²) in [5, 5.41) is 0. The highest BCUT2D eigenvalue weighted by molar-refractivity contribution is 6.45. The highest BCUT2D eigenvalue weighted by atomic mass is 19.1. The summed E-state index contributed by atoms with van der Waals surface area (Å²) < 4.78 is 27.5. The van der Waals surface area contributed by atoms with Crippen LogP contribution in [0, 0.1) is 11.6 Å². The van der Waals surface area contributed by atoms with Crippen LogP contribution in [0.5, 0.6) is 0 Å². The highest BCUT2D eigenvalue weighted by Gasteiger charge is 2.21. The highest BCUT2D eigenvalue weighted by Crippen LogP contribution is 2.26. The Labute approximate surface area is 134 Å². The van der Waals surface area contributed by atoms with E-state index < -0.39 is 0 Å². The molecule has 1 saturated heterocycles. The number of ketones is 1. The number of allylic oxidation sites excluding steroid dienone is 2. The van der Waals surface area contributed by atoms with Crippen molar-refractivity contribution < 1.29 is 13.6 Å². The maximum absolute atomic E-state index is 13.7. The van der Waals surface area contributed by atoms with Crippen LogP contribution in [0.2, 0.25) is 12.6 Å². The summed E-state index contributed by atoms with van der Waals surface area (Å²) in [6, 6.07) is 12.7. The van der Waals surface area contributed by atoms with Gasteiger partial charge in [-0.2, -0.15) is 0 Å². The second-order valence-corrected chi connectivity index (χ2v) is 5.56. The molecule has 3 rings (SSSR count). The summed E-state index contributed by atoms with van der Waals surface area (Å²) in [4.78, 5) is 12.6. The minimum Gasteiger partial charge on any atom is -0.289 e. The summed E-state index contributed by atoms with van der Waals surface area (Å²) in [6.45, 7) is 0. The van der Waals surface area contributed by atoms with Crippen molar-refractivity contribution in [3.05, 3.63) is 82.4 Å². The molecule has 0 saturated carbocycles. The fraction of sp³-hybridized carbons (Fsp3) is 0.105. The Morgan fingerprint density at radius 2 is 1.22 bits per heavy atom. The predicted molar refractivity (Wildman–Crippen MR) is 90.5 cm³/mol. The maximum atomic E-state index is 13.7. The molecule has 0 atom stereocenters. The van der Waals surface area contributed by atoms with Gasteiger partial charge in [0.2, 0.25) is 0 Å². The molecule has 1 heterocycles. The van der Waals surface area contributed by atoms with Gasteiger partial charge in [0.05, 0.1) is 0 Å². The first-order chi connectivity index (χ1) is 11.1. The van der Waals surface area contributed by atoms with E-state index >= 15 is 0 Å². The molecule has 1 aliphatic rings. The van der Waals surface area contributed by atoms with E-state index in [-0.39, 0.29) is 17.4 Å². The molecule has 0 bridgehead atoms. The SMILES string of the molecule is O=C1/C(=C/c2ccccc2F)CBC/C1=C\c1ccccc1F. The van der Waals surface area contributed by atoms with E-state index in [1.165, 1.54) is 12.1 Å². The van der Waals surface area contributed by atoms with E-state index in [9.17, 15) is 13.6 Å². The zero-order chi connectivity index (χ0) is 16.2. The molecule has 1 fully saturated rings. The molecule has 4 heteroatoms. The third-order valence-electron chi connectivity index (χ3n) is 3.95. The average molecular weight is 308 g/mol. The Morgan fingerprint density at radius 1 is 0.783 bits per heavy atom. The molecule has 23 heavy (non-hydrogen) atoms. The lowest BCUT2D eigenvalue weighted by molar-refractivity contribution is -0.112. The van der Waals surface area contributed by atoms with E-state index in [1.54, 1.807) is 48.6 Å². The van der Waals surface area contributed by atoms with Gasteiger partial charge in [-0.1, -0.05) is 36.4 Å². The maximum Gasteiger partial charge on any atom is 0.183 e. The number of benzene rings is 2. The molecule has 0 N–H and O–H groups in total. The molecular weight excluding hydrogens is 293 g/mol. The molecule has 114 valence electrons. The van der Waals surface area contributed by atoms with Crippen molar-refractivity contribution >= 4 is 25.2 Å². The molecule has 0 aliphatic carbocycles. The van der Waals surface area contributed by atoms with Crippen molar-refractivity contribution in [3.63, 3.8) is 0 Å². The number of hydrogen-bond acceptors (Lipinski definition) is 1. The van der Waals surface area contributed by atoms with Crippen LogP contribution in [-0.2, 0) is 4.79 Å². The van der Waals surface area contributed by atoms with E-state index in [2.05, 4.69) is 0 Å². The first-order valence-electron chi connectivity index (χ1n) is 7.60. The Hall–Kier alpha value is -2.49. The lowest BCUT2D eigenvalue weighted by Crippen LogP contribution is -2.16. The Bertz CT molecular complexity index is 743. The van der Waals surface area contributed by atoms with Gasteiger partial charge >= 0.3 is 0 Å². The minimum absolute atomic E-state index is 0.122.